The van der Waals surface area contributed by atoms with Crippen LogP contribution < -0.4 is 5.73 Å². The molecule has 104 valence electrons. The number of hydrogen-bond acceptors (Lipinski definition) is 5. The van der Waals surface area contributed by atoms with Crippen molar-refractivity contribution in [3.8, 4) is 0 Å². The summed E-state index contributed by atoms with van der Waals surface area (Å²) in [5, 5.41) is 0. The average molecular weight is 258 g/mol. The fourth-order valence-corrected chi connectivity index (χ4v) is 2.13. The summed E-state index contributed by atoms with van der Waals surface area (Å²) in [5.41, 5.74) is 5.47. The van der Waals surface area contributed by atoms with Crippen LogP contribution in [-0.2, 0) is 19.1 Å². The Kier molecular flexibility index (Phi) is 6.07. The van der Waals surface area contributed by atoms with Crippen molar-refractivity contribution >= 4 is 11.9 Å². The second-order valence-electron chi connectivity index (χ2n) is 4.34. The van der Waals surface area contributed by atoms with Gasteiger partial charge >= 0.3 is 5.97 Å². The topological polar surface area (TPSA) is 81.9 Å². The minimum atomic E-state index is -0.619. The normalized spacial score (nSPS) is 21.5. The van der Waals surface area contributed by atoms with Crippen LogP contribution in [0.4, 0.5) is 0 Å². The van der Waals surface area contributed by atoms with Gasteiger partial charge in [-0.2, -0.15) is 0 Å². The molecule has 18 heavy (non-hydrogen) atoms. The number of methoxy groups -OCH3 is 1. The Hall–Kier alpha value is -1.14. The van der Waals surface area contributed by atoms with Crippen LogP contribution >= 0.6 is 0 Å². The molecule has 6 heteroatoms. The Balaban J connectivity index is 2.57. The zero-order valence-corrected chi connectivity index (χ0v) is 11.1. The molecule has 1 aliphatic heterocycles. The summed E-state index contributed by atoms with van der Waals surface area (Å²) in [6.07, 6.45) is 0.949. The number of carbonyl (C=O) groups is 2. The Morgan fingerprint density at radius 2 is 2.22 bits per heavy atom. The largest absolute Gasteiger partial charge is 0.466 e. The van der Waals surface area contributed by atoms with Gasteiger partial charge in [0.1, 0.15) is 6.10 Å². The number of amides is 1. The molecule has 0 aromatic rings. The van der Waals surface area contributed by atoms with Crippen molar-refractivity contribution in [1.82, 2.24) is 4.90 Å². The lowest BCUT2D eigenvalue weighted by molar-refractivity contribution is -0.153. The summed E-state index contributed by atoms with van der Waals surface area (Å²) in [7, 11) is 1.46. The molecule has 2 N–H and O–H groups in total. The lowest BCUT2D eigenvalue weighted by Gasteiger charge is -2.33. The number of esters is 1. The molecule has 0 bridgehead atoms. The first-order valence-electron chi connectivity index (χ1n) is 6.32. The van der Waals surface area contributed by atoms with E-state index >= 15 is 0 Å². The first-order chi connectivity index (χ1) is 8.63. The highest BCUT2D eigenvalue weighted by molar-refractivity contribution is 5.82. The first kappa shape index (κ1) is 14.9. The second-order valence-corrected chi connectivity index (χ2v) is 4.34. The molecule has 1 fully saturated rings. The third-order valence-electron chi connectivity index (χ3n) is 3.13. The van der Waals surface area contributed by atoms with E-state index in [9.17, 15) is 9.59 Å². The van der Waals surface area contributed by atoms with Gasteiger partial charge < -0.3 is 20.1 Å². The minimum Gasteiger partial charge on any atom is -0.466 e. The lowest BCUT2D eigenvalue weighted by Crippen LogP contribution is -2.49. The SMILES string of the molecule is CCOC(=O)C1CCCN(C(=O)C(CN)OC)C1. The molecule has 0 spiro atoms. The Bertz CT molecular complexity index is 292. The third-order valence-corrected chi connectivity index (χ3v) is 3.13. The summed E-state index contributed by atoms with van der Waals surface area (Å²) in [6.45, 7) is 3.34. The number of likely N-dealkylation sites (tertiary alicyclic amines) is 1. The quantitative estimate of drug-likeness (QED) is 0.688. The van der Waals surface area contributed by atoms with Gasteiger partial charge in [-0.25, -0.2) is 0 Å². The van der Waals surface area contributed by atoms with Crippen molar-refractivity contribution in [1.29, 1.82) is 0 Å². The van der Waals surface area contributed by atoms with Gasteiger partial charge in [0.25, 0.3) is 5.91 Å². The molecule has 2 atom stereocenters. The van der Waals surface area contributed by atoms with Crippen molar-refractivity contribution in [3.05, 3.63) is 0 Å². The molecular weight excluding hydrogens is 236 g/mol. The summed E-state index contributed by atoms with van der Waals surface area (Å²) in [4.78, 5) is 25.4. The highest BCUT2D eigenvalue weighted by atomic mass is 16.5. The van der Waals surface area contributed by atoms with Crippen molar-refractivity contribution in [2.45, 2.75) is 25.9 Å². The predicted octanol–water partition coefficient (Wildman–Crippen LogP) is -0.238. The van der Waals surface area contributed by atoms with Crippen LogP contribution in [0, 0.1) is 5.92 Å². The molecule has 2 unspecified atom stereocenters. The summed E-state index contributed by atoms with van der Waals surface area (Å²) >= 11 is 0. The molecule has 0 saturated carbocycles. The number of hydrogen-bond donors (Lipinski definition) is 1. The van der Waals surface area contributed by atoms with Crippen molar-refractivity contribution < 1.29 is 19.1 Å². The van der Waals surface area contributed by atoms with E-state index in [1.165, 1.54) is 7.11 Å². The van der Waals surface area contributed by atoms with E-state index in [1.54, 1.807) is 11.8 Å². The average Bonchev–Trinajstić information content (AvgIpc) is 2.40. The number of piperidine rings is 1. The van der Waals surface area contributed by atoms with Crippen LogP contribution in [0.25, 0.3) is 0 Å². The zero-order chi connectivity index (χ0) is 13.5. The van der Waals surface area contributed by atoms with Crippen molar-refractivity contribution in [2.24, 2.45) is 11.7 Å². The van der Waals surface area contributed by atoms with Gasteiger partial charge in [-0.05, 0) is 19.8 Å². The molecule has 1 heterocycles. The van der Waals surface area contributed by atoms with Gasteiger partial charge in [-0.3, -0.25) is 9.59 Å². The maximum atomic E-state index is 12.1. The molecule has 0 aromatic heterocycles. The number of nitrogens with zero attached hydrogens (tertiary/aromatic N) is 1. The van der Waals surface area contributed by atoms with Crippen molar-refractivity contribution in [3.63, 3.8) is 0 Å². The van der Waals surface area contributed by atoms with Crippen molar-refractivity contribution in [2.75, 3.05) is 33.4 Å². The Morgan fingerprint density at radius 1 is 1.50 bits per heavy atom. The van der Waals surface area contributed by atoms with Crippen LogP contribution in [0.1, 0.15) is 19.8 Å². The Morgan fingerprint density at radius 3 is 2.78 bits per heavy atom. The van der Waals surface area contributed by atoms with E-state index in [1.807, 2.05) is 0 Å². The molecule has 6 nitrogen and oxygen atoms in total. The van der Waals surface area contributed by atoms with E-state index in [4.69, 9.17) is 15.2 Å². The van der Waals surface area contributed by atoms with Gasteiger partial charge in [-0.1, -0.05) is 0 Å². The van der Waals surface area contributed by atoms with Crippen LogP contribution in [0.3, 0.4) is 0 Å². The molecule has 0 aromatic carbocycles. The minimum absolute atomic E-state index is 0.144. The summed E-state index contributed by atoms with van der Waals surface area (Å²) < 4.78 is 10.0. The van der Waals surface area contributed by atoms with E-state index in [-0.39, 0.29) is 24.3 Å². The first-order valence-corrected chi connectivity index (χ1v) is 6.32. The van der Waals surface area contributed by atoms with Gasteiger partial charge in [0.15, 0.2) is 0 Å². The maximum Gasteiger partial charge on any atom is 0.310 e. The molecule has 1 saturated heterocycles. The van der Waals surface area contributed by atoms with E-state index < -0.39 is 6.10 Å². The number of ether oxygens (including phenoxy) is 2. The van der Waals surface area contributed by atoms with E-state index in [0.717, 1.165) is 12.8 Å². The van der Waals surface area contributed by atoms with Crippen LogP contribution in [0.2, 0.25) is 0 Å². The number of carbonyl (C=O) groups excluding carboxylic acids is 2. The standard InChI is InChI=1S/C12H22N2O4/c1-3-18-12(16)9-5-4-6-14(8-9)11(15)10(7-13)17-2/h9-10H,3-8,13H2,1-2H3. The molecule has 1 aliphatic rings. The number of nitrogens with two attached hydrogens (primary N) is 1. The van der Waals surface area contributed by atoms with Gasteiger partial charge in [-0.15, -0.1) is 0 Å². The summed E-state index contributed by atoms with van der Waals surface area (Å²) in [5.74, 6) is -0.594. The van der Waals surface area contributed by atoms with Gasteiger partial charge in [0.05, 0.1) is 12.5 Å². The van der Waals surface area contributed by atoms with Crippen LogP contribution in [-0.4, -0.2) is 56.2 Å². The highest BCUT2D eigenvalue weighted by Gasteiger charge is 2.31. The molecule has 1 rings (SSSR count). The van der Waals surface area contributed by atoms with E-state index in [0.29, 0.717) is 19.7 Å². The van der Waals surface area contributed by atoms with Gasteiger partial charge in [0.2, 0.25) is 0 Å². The fourth-order valence-electron chi connectivity index (χ4n) is 2.13. The highest BCUT2D eigenvalue weighted by Crippen LogP contribution is 2.18. The number of rotatable bonds is 5. The predicted molar refractivity (Wildman–Crippen MR) is 65.8 cm³/mol. The molecule has 0 radical (unpaired) electrons. The third kappa shape index (κ3) is 3.68. The fraction of sp³-hybridized carbons (Fsp3) is 0.833. The molecule has 0 aliphatic carbocycles. The second kappa shape index (κ2) is 7.33. The van der Waals surface area contributed by atoms with E-state index in [2.05, 4.69) is 0 Å². The molecule has 1 amide bonds. The summed E-state index contributed by atoms with van der Waals surface area (Å²) in [6, 6.07) is 0. The van der Waals surface area contributed by atoms with Crippen LogP contribution in [0.15, 0.2) is 0 Å². The zero-order valence-electron chi connectivity index (χ0n) is 11.1. The Labute approximate surface area is 107 Å². The monoisotopic (exact) mass is 258 g/mol. The molecular formula is C12H22N2O4. The maximum absolute atomic E-state index is 12.1. The lowest BCUT2D eigenvalue weighted by atomic mass is 9.98. The van der Waals surface area contributed by atoms with Gasteiger partial charge in [0, 0.05) is 26.7 Å². The smallest absolute Gasteiger partial charge is 0.310 e. The van der Waals surface area contributed by atoms with Crippen LogP contribution in [0.5, 0.6) is 0 Å².